The lowest BCUT2D eigenvalue weighted by molar-refractivity contribution is -0.142. The molecule has 1 aliphatic rings. The largest absolute Gasteiger partial charge is 0.435 e. The second-order valence-electron chi connectivity index (χ2n) is 6.56. The summed E-state index contributed by atoms with van der Waals surface area (Å²) >= 11 is 0. The van der Waals surface area contributed by atoms with Crippen molar-refractivity contribution in [3.05, 3.63) is 83.2 Å². The zero-order valence-electron chi connectivity index (χ0n) is 14.3. The Morgan fingerprint density at radius 3 is 2.22 bits per heavy atom. The van der Waals surface area contributed by atoms with Crippen molar-refractivity contribution >= 4 is 11.6 Å². The Balaban J connectivity index is 1.97. The van der Waals surface area contributed by atoms with Crippen LogP contribution < -0.4 is 0 Å². The van der Waals surface area contributed by atoms with Crippen LogP contribution in [0.5, 0.6) is 0 Å². The van der Waals surface area contributed by atoms with Crippen LogP contribution in [0.2, 0.25) is 0 Å². The van der Waals surface area contributed by atoms with Crippen molar-refractivity contribution in [2.24, 2.45) is 0 Å². The molecule has 1 atom stereocenters. The summed E-state index contributed by atoms with van der Waals surface area (Å²) in [5.41, 5.74) is 1.59. The first-order valence-electron chi connectivity index (χ1n) is 8.62. The van der Waals surface area contributed by atoms with Crippen LogP contribution in [0.3, 0.4) is 0 Å². The van der Waals surface area contributed by atoms with Gasteiger partial charge in [0, 0.05) is 18.4 Å². The first-order chi connectivity index (χ1) is 12.9. The molecule has 1 N–H and O–H groups in total. The molecule has 0 amide bonds. The number of alkyl halides is 3. The molecular formula is C21H17F3N2O. The maximum absolute atomic E-state index is 13.6. The predicted octanol–water partition coefficient (Wildman–Crippen LogP) is 4.74. The average molecular weight is 370 g/mol. The predicted molar refractivity (Wildman–Crippen MR) is 97.2 cm³/mol. The maximum atomic E-state index is 13.6. The van der Waals surface area contributed by atoms with Gasteiger partial charge in [0.05, 0.1) is 17.5 Å². The third-order valence-corrected chi connectivity index (χ3v) is 4.59. The van der Waals surface area contributed by atoms with E-state index in [0.29, 0.717) is 17.0 Å². The smallest absolute Gasteiger partial charge is 0.392 e. The Labute approximate surface area is 154 Å². The topological polar surface area (TPSA) is 38.1 Å². The van der Waals surface area contributed by atoms with Crippen LogP contribution in [0.4, 0.5) is 13.2 Å². The van der Waals surface area contributed by atoms with Crippen molar-refractivity contribution in [3.8, 4) is 5.69 Å². The van der Waals surface area contributed by atoms with Gasteiger partial charge in [-0.3, -0.25) is 0 Å². The van der Waals surface area contributed by atoms with E-state index < -0.39 is 18.0 Å². The molecule has 2 aromatic carbocycles. The lowest BCUT2D eigenvalue weighted by Crippen LogP contribution is -2.21. The number of hydrogen-bond donors (Lipinski definition) is 1. The molecule has 0 spiro atoms. The highest BCUT2D eigenvalue weighted by Crippen LogP contribution is 2.41. The Morgan fingerprint density at radius 1 is 0.963 bits per heavy atom. The van der Waals surface area contributed by atoms with E-state index in [1.165, 1.54) is 4.68 Å². The molecule has 6 heteroatoms. The fraction of sp³-hybridized carbons (Fsp3) is 0.190. The summed E-state index contributed by atoms with van der Waals surface area (Å²) in [6, 6.07) is 18.1. The van der Waals surface area contributed by atoms with Crippen LogP contribution in [-0.2, 0) is 12.6 Å². The SMILES string of the molecule is OC1CC(=Cc2ccccc2)c2c(c(C(F)(F)F)nn2-c2ccccc2)C1. The lowest BCUT2D eigenvalue weighted by atomic mass is 9.87. The second kappa shape index (κ2) is 6.70. The Morgan fingerprint density at radius 2 is 1.59 bits per heavy atom. The van der Waals surface area contributed by atoms with Gasteiger partial charge in [0.25, 0.3) is 0 Å². The third-order valence-electron chi connectivity index (χ3n) is 4.59. The monoisotopic (exact) mass is 370 g/mol. The van der Waals surface area contributed by atoms with E-state index in [1.807, 2.05) is 36.4 Å². The molecule has 1 unspecified atom stereocenters. The van der Waals surface area contributed by atoms with Gasteiger partial charge in [-0.1, -0.05) is 48.5 Å². The summed E-state index contributed by atoms with van der Waals surface area (Å²) in [6.07, 6.45) is -3.43. The molecule has 0 fully saturated rings. The first kappa shape index (κ1) is 17.5. The number of aromatic nitrogens is 2. The van der Waals surface area contributed by atoms with Crippen LogP contribution in [0, 0.1) is 0 Å². The molecule has 138 valence electrons. The third kappa shape index (κ3) is 3.40. The summed E-state index contributed by atoms with van der Waals surface area (Å²) in [5, 5.41) is 14.1. The molecule has 1 aliphatic carbocycles. The van der Waals surface area contributed by atoms with Crippen LogP contribution in [-0.4, -0.2) is 21.0 Å². The van der Waals surface area contributed by atoms with Crippen molar-refractivity contribution in [2.45, 2.75) is 25.1 Å². The standard InChI is InChI=1S/C21H17F3N2O/c22-21(23,24)20-18-13-17(27)12-15(11-14-7-3-1-4-8-14)19(18)26(25-20)16-9-5-2-6-10-16/h1-11,17,27H,12-13H2. The maximum Gasteiger partial charge on any atom is 0.435 e. The molecular weight excluding hydrogens is 353 g/mol. The van der Waals surface area contributed by atoms with Gasteiger partial charge in [0.15, 0.2) is 5.69 Å². The number of para-hydroxylation sites is 1. The van der Waals surface area contributed by atoms with E-state index in [1.54, 1.807) is 30.3 Å². The van der Waals surface area contributed by atoms with Crippen molar-refractivity contribution in [2.75, 3.05) is 0 Å². The summed E-state index contributed by atoms with van der Waals surface area (Å²) in [7, 11) is 0. The second-order valence-corrected chi connectivity index (χ2v) is 6.56. The van der Waals surface area contributed by atoms with Crippen molar-refractivity contribution in [1.29, 1.82) is 0 Å². The number of hydrogen-bond acceptors (Lipinski definition) is 2. The zero-order valence-corrected chi connectivity index (χ0v) is 14.3. The summed E-state index contributed by atoms with van der Waals surface area (Å²) < 4.78 is 42.2. The van der Waals surface area contributed by atoms with Gasteiger partial charge in [-0.25, -0.2) is 4.68 Å². The van der Waals surface area contributed by atoms with E-state index in [-0.39, 0.29) is 18.4 Å². The molecule has 0 aliphatic heterocycles. The molecule has 3 aromatic rings. The van der Waals surface area contributed by atoms with Crippen LogP contribution in [0.25, 0.3) is 17.3 Å². The number of fused-ring (bicyclic) bond motifs is 1. The van der Waals surface area contributed by atoms with Crippen LogP contribution in [0.15, 0.2) is 60.7 Å². The van der Waals surface area contributed by atoms with E-state index in [9.17, 15) is 18.3 Å². The van der Waals surface area contributed by atoms with Crippen molar-refractivity contribution in [3.63, 3.8) is 0 Å². The number of nitrogens with zero attached hydrogens (tertiary/aromatic N) is 2. The summed E-state index contributed by atoms with van der Waals surface area (Å²) in [6.45, 7) is 0. The minimum Gasteiger partial charge on any atom is -0.392 e. The molecule has 27 heavy (non-hydrogen) atoms. The minimum atomic E-state index is -4.58. The number of benzene rings is 2. The molecule has 1 heterocycles. The molecule has 3 nitrogen and oxygen atoms in total. The summed E-state index contributed by atoms with van der Waals surface area (Å²) in [5.74, 6) is 0. The van der Waals surface area contributed by atoms with Gasteiger partial charge < -0.3 is 5.11 Å². The minimum absolute atomic E-state index is 0.0484. The van der Waals surface area contributed by atoms with Gasteiger partial charge in [-0.2, -0.15) is 18.3 Å². The van der Waals surface area contributed by atoms with E-state index in [0.717, 1.165) is 5.56 Å². The Bertz CT molecular complexity index is 976. The molecule has 0 bridgehead atoms. The number of rotatable bonds is 2. The highest BCUT2D eigenvalue weighted by molar-refractivity contribution is 5.83. The fourth-order valence-corrected chi connectivity index (χ4v) is 3.49. The van der Waals surface area contributed by atoms with Crippen molar-refractivity contribution < 1.29 is 18.3 Å². The fourth-order valence-electron chi connectivity index (χ4n) is 3.49. The highest BCUT2D eigenvalue weighted by atomic mass is 19.4. The number of halogens is 3. The average Bonchev–Trinajstić information content (AvgIpc) is 3.03. The van der Waals surface area contributed by atoms with E-state index in [4.69, 9.17) is 0 Å². The van der Waals surface area contributed by atoms with Gasteiger partial charge >= 0.3 is 6.18 Å². The van der Waals surface area contributed by atoms with Gasteiger partial charge in [0.1, 0.15) is 0 Å². The molecule has 1 aromatic heterocycles. The first-order valence-corrected chi connectivity index (χ1v) is 8.62. The molecule has 0 radical (unpaired) electrons. The van der Waals surface area contributed by atoms with Gasteiger partial charge in [0.2, 0.25) is 0 Å². The van der Waals surface area contributed by atoms with Crippen LogP contribution >= 0.6 is 0 Å². The molecule has 4 rings (SSSR count). The van der Waals surface area contributed by atoms with Crippen LogP contribution in [0.1, 0.15) is 28.9 Å². The van der Waals surface area contributed by atoms with Gasteiger partial charge in [-0.15, -0.1) is 0 Å². The van der Waals surface area contributed by atoms with Crippen molar-refractivity contribution in [1.82, 2.24) is 9.78 Å². The Hall–Kier alpha value is -2.86. The highest BCUT2D eigenvalue weighted by Gasteiger charge is 2.42. The number of aliphatic hydroxyl groups excluding tert-OH is 1. The lowest BCUT2D eigenvalue weighted by Gasteiger charge is -2.23. The molecule has 0 saturated heterocycles. The van der Waals surface area contributed by atoms with Gasteiger partial charge in [-0.05, 0) is 29.3 Å². The van der Waals surface area contributed by atoms with E-state index >= 15 is 0 Å². The zero-order chi connectivity index (χ0) is 19.0. The Kier molecular flexibility index (Phi) is 4.36. The number of aliphatic hydroxyl groups is 1. The summed E-state index contributed by atoms with van der Waals surface area (Å²) in [4.78, 5) is 0. The quantitative estimate of drug-likeness (QED) is 0.708. The molecule has 0 saturated carbocycles. The van der Waals surface area contributed by atoms with E-state index in [2.05, 4.69) is 5.10 Å². The normalized spacial score (nSPS) is 18.5.